The lowest BCUT2D eigenvalue weighted by molar-refractivity contribution is -0.757. The Hall–Kier alpha value is -3.82. The number of aliphatic carboxylic acids is 1. The molecule has 0 atom stereocenters. The minimum atomic E-state index is -0.897. The Bertz CT molecular complexity index is 790. The molecule has 10 heteroatoms. The summed E-state index contributed by atoms with van der Waals surface area (Å²) in [6, 6.07) is 14.4. The van der Waals surface area contributed by atoms with Crippen LogP contribution in [0.2, 0.25) is 0 Å². The summed E-state index contributed by atoms with van der Waals surface area (Å²) < 4.78 is 0. The molecular formula is C18H18N2O8. The molecule has 0 aliphatic heterocycles. The van der Waals surface area contributed by atoms with Gasteiger partial charge in [-0.3, -0.25) is 19.7 Å². The van der Waals surface area contributed by atoms with Crippen LogP contribution in [-0.2, 0) is 9.63 Å². The number of ketones is 1. The molecule has 148 valence electrons. The Kier molecular flexibility index (Phi) is 9.31. The Morgan fingerprint density at radius 1 is 0.893 bits per heavy atom. The minimum absolute atomic E-state index is 0.0189. The van der Waals surface area contributed by atoms with Crippen LogP contribution in [0.5, 0.6) is 0 Å². The van der Waals surface area contributed by atoms with E-state index in [1.54, 1.807) is 24.3 Å². The molecule has 0 bridgehead atoms. The van der Waals surface area contributed by atoms with Gasteiger partial charge in [-0.15, -0.1) is 10.1 Å². The maximum atomic E-state index is 12.0. The van der Waals surface area contributed by atoms with E-state index in [1.807, 2.05) is 6.07 Å². The Morgan fingerprint density at radius 2 is 1.46 bits per heavy atom. The molecule has 10 nitrogen and oxygen atoms in total. The van der Waals surface area contributed by atoms with Crippen molar-refractivity contribution >= 4 is 17.4 Å². The SMILES string of the molecule is O=C(O)CCCCO[N+](=O)[O-].O=C(c1ccccc1)c1ccc([N+](=O)[O-])cc1. The van der Waals surface area contributed by atoms with Crippen molar-refractivity contribution in [2.45, 2.75) is 19.3 Å². The van der Waals surface area contributed by atoms with Crippen molar-refractivity contribution < 1.29 is 29.5 Å². The molecule has 2 aromatic carbocycles. The number of hydrogen-bond acceptors (Lipinski definition) is 7. The molecule has 0 aliphatic rings. The van der Waals surface area contributed by atoms with Crippen molar-refractivity contribution in [3.8, 4) is 0 Å². The fourth-order valence-corrected chi connectivity index (χ4v) is 2.01. The summed E-state index contributed by atoms with van der Waals surface area (Å²) in [5.41, 5.74) is 0.998. The van der Waals surface area contributed by atoms with Gasteiger partial charge in [0.2, 0.25) is 0 Å². The molecule has 0 fully saturated rings. The maximum Gasteiger partial charge on any atom is 0.303 e. The van der Waals surface area contributed by atoms with Crippen LogP contribution >= 0.6 is 0 Å². The monoisotopic (exact) mass is 390 g/mol. The summed E-state index contributed by atoms with van der Waals surface area (Å²) in [5, 5.41) is 27.3. The zero-order chi connectivity index (χ0) is 20.9. The highest BCUT2D eigenvalue weighted by molar-refractivity contribution is 6.09. The van der Waals surface area contributed by atoms with E-state index < -0.39 is 16.0 Å². The zero-order valence-electron chi connectivity index (χ0n) is 14.7. The first-order chi connectivity index (χ1) is 13.3. The van der Waals surface area contributed by atoms with E-state index in [4.69, 9.17) is 5.11 Å². The number of carbonyl (C=O) groups excluding carboxylic acids is 1. The third kappa shape index (κ3) is 8.52. The number of non-ortho nitro benzene ring substituents is 1. The molecule has 1 N–H and O–H groups in total. The minimum Gasteiger partial charge on any atom is -0.481 e. The van der Waals surface area contributed by atoms with Crippen molar-refractivity contribution in [1.82, 2.24) is 0 Å². The van der Waals surface area contributed by atoms with Crippen LogP contribution in [-0.4, -0.2) is 33.5 Å². The van der Waals surface area contributed by atoms with Crippen molar-refractivity contribution in [2.24, 2.45) is 0 Å². The zero-order valence-corrected chi connectivity index (χ0v) is 14.7. The van der Waals surface area contributed by atoms with Gasteiger partial charge in [0.1, 0.15) is 0 Å². The Morgan fingerprint density at radius 3 is 1.96 bits per heavy atom. The number of carboxylic acid groups (broad SMARTS) is 1. The quantitative estimate of drug-likeness (QED) is 0.296. The molecule has 0 saturated heterocycles. The highest BCUT2D eigenvalue weighted by Crippen LogP contribution is 2.15. The molecule has 28 heavy (non-hydrogen) atoms. The van der Waals surface area contributed by atoms with E-state index in [2.05, 4.69) is 4.84 Å². The second kappa shape index (κ2) is 11.7. The predicted molar refractivity (Wildman–Crippen MR) is 97.4 cm³/mol. The topological polar surface area (TPSA) is 150 Å². The molecule has 2 aromatic rings. The van der Waals surface area contributed by atoms with Gasteiger partial charge in [0.25, 0.3) is 10.8 Å². The lowest BCUT2D eigenvalue weighted by atomic mass is 10.0. The van der Waals surface area contributed by atoms with Gasteiger partial charge in [0, 0.05) is 29.7 Å². The molecule has 0 saturated carbocycles. The number of carboxylic acids is 1. The van der Waals surface area contributed by atoms with Crippen LogP contribution < -0.4 is 0 Å². The summed E-state index contributed by atoms with van der Waals surface area (Å²) in [5.74, 6) is -1.04. The molecule has 0 unspecified atom stereocenters. The van der Waals surface area contributed by atoms with E-state index in [0.717, 1.165) is 0 Å². The molecule has 2 rings (SSSR count). The summed E-state index contributed by atoms with van der Waals surface area (Å²) >= 11 is 0. The van der Waals surface area contributed by atoms with Gasteiger partial charge < -0.3 is 9.94 Å². The van der Waals surface area contributed by atoms with Crippen molar-refractivity contribution in [3.63, 3.8) is 0 Å². The smallest absolute Gasteiger partial charge is 0.303 e. The van der Waals surface area contributed by atoms with Gasteiger partial charge in [-0.25, -0.2) is 0 Å². The first-order valence-electron chi connectivity index (χ1n) is 8.14. The van der Waals surface area contributed by atoms with Gasteiger partial charge in [-0.1, -0.05) is 30.3 Å². The average Bonchev–Trinajstić information content (AvgIpc) is 2.68. The molecular weight excluding hydrogens is 372 g/mol. The van der Waals surface area contributed by atoms with Crippen LogP contribution in [0.25, 0.3) is 0 Å². The lowest BCUT2D eigenvalue weighted by Gasteiger charge is -2.00. The first-order valence-corrected chi connectivity index (χ1v) is 8.14. The number of benzene rings is 2. The van der Waals surface area contributed by atoms with E-state index in [1.165, 1.54) is 24.3 Å². The summed E-state index contributed by atoms with van der Waals surface area (Å²) in [6.07, 6.45) is 0.831. The number of hydrogen-bond donors (Lipinski definition) is 1. The van der Waals surface area contributed by atoms with E-state index >= 15 is 0 Å². The highest BCUT2D eigenvalue weighted by Gasteiger charge is 2.10. The van der Waals surface area contributed by atoms with Crippen LogP contribution in [0.3, 0.4) is 0 Å². The summed E-state index contributed by atoms with van der Waals surface area (Å²) in [6.45, 7) is -0.0275. The van der Waals surface area contributed by atoms with E-state index in [0.29, 0.717) is 24.0 Å². The summed E-state index contributed by atoms with van der Waals surface area (Å²) in [4.78, 5) is 45.4. The molecule has 0 heterocycles. The number of rotatable bonds is 9. The molecule has 0 aromatic heterocycles. The van der Waals surface area contributed by atoms with Crippen molar-refractivity contribution in [3.05, 3.63) is 86.0 Å². The predicted octanol–water partition coefficient (Wildman–Crippen LogP) is 3.28. The Labute approximate surface area is 159 Å². The fraction of sp³-hybridized carbons (Fsp3) is 0.222. The van der Waals surface area contributed by atoms with Gasteiger partial charge >= 0.3 is 5.97 Å². The van der Waals surface area contributed by atoms with Crippen molar-refractivity contribution in [2.75, 3.05) is 6.61 Å². The molecule has 0 aliphatic carbocycles. The van der Waals surface area contributed by atoms with Gasteiger partial charge in [0.05, 0.1) is 11.5 Å². The second-order valence-corrected chi connectivity index (χ2v) is 5.41. The van der Waals surface area contributed by atoms with E-state index in [-0.39, 0.29) is 24.5 Å². The average molecular weight is 390 g/mol. The number of nitro groups is 1. The van der Waals surface area contributed by atoms with Crippen LogP contribution in [0.4, 0.5) is 5.69 Å². The maximum absolute atomic E-state index is 12.0. The standard InChI is InChI=1S/C13H9NO3.C5H9NO5/c15-13(10-4-2-1-3-5-10)11-6-8-12(9-7-11)14(16)17;7-5(8)3-1-2-4-11-6(9)10/h1-9H;1-4H2,(H,7,8). The third-order valence-electron chi connectivity index (χ3n) is 3.36. The van der Waals surface area contributed by atoms with Gasteiger partial charge in [-0.05, 0) is 25.0 Å². The number of nitro benzene ring substituents is 1. The third-order valence-corrected chi connectivity index (χ3v) is 3.36. The van der Waals surface area contributed by atoms with Gasteiger partial charge in [0.15, 0.2) is 5.78 Å². The normalized spacial score (nSPS) is 9.57. The van der Waals surface area contributed by atoms with Crippen LogP contribution in [0.1, 0.15) is 35.2 Å². The highest BCUT2D eigenvalue weighted by atomic mass is 16.9. The Balaban J connectivity index is 0.000000311. The second-order valence-electron chi connectivity index (χ2n) is 5.41. The van der Waals surface area contributed by atoms with Crippen LogP contribution in [0, 0.1) is 20.2 Å². The van der Waals surface area contributed by atoms with Crippen LogP contribution in [0.15, 0.2) is 54.6 Å². The molecule has 0 spiro atoms. The van der Waals surface area contributed by atoms with Crippen molar-refractivity contribution in [1.29, 1.82) is 0 Å². The van der Waals surface area contributed by atoms with E-state index in [9.17, 15) is 29.8 Å². The lowest BCUT2D eigenvalue weighted by Crippen LogP contribution is -2.03. The first kappa shape index (κ1) is 22.2. The van der Waals surface area contributed by atoms with Gasteiger partial charge in [-0.2, -0.15) is 0 Å². The molecule has 0 amide bonds. The number of carbonyl (C=O) groups is 2. The summed E-state index contributed by atoms with van der Waals surface area (Å²) in [7, 11) is 0. The molecule has 0 radical (unpaired) electrons. The number of nitrogens with zero attached hydrogens (tertiary/aromatic N) is 2. The fourth-order valence-electron chi connectivity index (χ4n) is 2.01. The largest absolute Gasteiger partial charge is 0.481 e. The number of unbranched alkanes of at least 4 members (excludes halogenated alkanes) is 1.